The highest BCUT2D eigenvalue weighted by Crippen LogP contribution is 2.28. The van der Waals surface area contributed by atoms with Gasteiger partial charge in [-0.2, -0.15) is 5.10 Å². The Balaban J connectivity index is 1.65. The van der Waals surface area contributed by atoms with Crippen molar-refractivity contribution in [2.45, 2.75) is 6.42 Å². The summed E-state index contributed by atoms with van der Waals surface area (Å²) in [6.45, 7) is 0. The van der Waals surface area contributed by atoms with Crippen molar-refractivity contribution in [1.82, 2.24) is 14.8 Å². The Labute approximate surface area is 168 Å². The summed E-state index contributed by atoms with van der Waals surface area (Å²) in [5.41, 5.74) is 7.62. The Morgan fingerprint density at radius 1 is 1.11 bits per heavy atom. The summed E-state index contributed by atoms with van der Waals surface area (Å²) < 4.78 is 1.68. The van der Waals surface area contributed by atoms with Gasteiger partial charge in [-0.1, -0.05) is 24.3 Å². The fourth-order valence-electron chi connectivity index (χ4n) is 2.64. The lowest BCUT2D eigenvalue weighted by molar-refractivity contribution is -0.117. The third-order valence-corrected chi connectivity index (χ3v) is 5.54. The van der Waals surface area contributed by atoms with Gasteiger partial charge in [-0.3, -0.25) is 14.9 Å². The van der Waals surface area contributed by atoms with Crippen LogP contribution in [0, 0.1) is 0 Å². The van der Waals surface area contributed by atoms with Gasteiger partial charge in [0, 0.05) is 11.6 Å². The predicted octanol–water partition coefficient (Wildman–Crippen LogP) is 3.34. The number of nitrogens with two attached hydrogens (primary N) is 1. The van der Waals surface area contributed by atoms with Gasteiger partial charge in [-0.25, -0.2) is 9.67 Å². The van der Waals surface area contributed by atoms with E-state index in [1.165, 1.54) is 22.7 Å². The van der Waals surface area contributed by atoms with E-state index < -0.39 is 5.91 Å². The Morgan fingerprint density at radius 2 is 1.93 bits per heavy atom. The number of primary amides is 1. The number of hydrogen-bond acceptors (Lipinski definition) is 6. The molecule has 4 rings (SSSR count). The Kier molecular flexibility index (Phi) is 5.00. The normalized spacial score (nSPS) is 10.7. The largest absolute Gasteiger partial charge is 0.369 e. The highest BCUT2D eigenvalue weighted by atomic mass is 32.1. The van der Waals surface area contributed by atoms with Gasteiger partial charge in [0.2, 0.25) is 5.91 Å². The van der Waals surface area contributed by atoms with E-state index in [0.29, 0.717) is 22.1 Å². The number of benzene rings is 1. The maximum atomic E-state index is 12.9. The number of thiophene rings is 1. The molecule has 4 aromatic rings. The van der Waals surface area contributed by atoms with E-state index in [1.54, 1.807) is 16.3 Å². The lowest BCUT2D eigenvalue weighted by atomic mass is 10.2. The molecule has 28 heavy (non-hydrogen) atoms. The predicted molar refractivity (Wildman–Crippen MR) is 110 cm³/mol. The zero-order chi connectivity index (χ0) is 19.5. The van der Waals surface area contributed by atoms with Crippen LogP contribution >= 0.6 is 22.7 Å². The van der Waals surface area contributed by atoms with E-state index in [0.717, 1.165) is 10.6 Å². The molecule has 2 amide bonds. The number of rotatable bonds is 6. The molecule has 0 unspecified atom stereocenters. The minimum atomic E-state index is -0.465. The van der Waals surface area contributed by atoms with Gasteiger partial charge in [-0.05, 0) is 23.6 Å². The summed E-state index contributed by atoms with van der Waals surface area (Å²) in [7, 11) is 0. The van der Waals surface area contributed by atoms with Crippen LogP contribution in [-0.2, 0) is 11.2 Å². The van der Waals surface area contributed by atoms with E-state index in [1.807, 2.05) is 47.8 Å². The molecule has 1 aromatic carbocycles. The maximum absolute atomic E-state index is 12.9. The van der Waals surface area contributed by atoms with Crippen LogP contribution in [0.15, 0.2) is 59.4 Å². The number of carbonyl (C=O) groups excluding carboxylic acids is 2. The highest BCUT2D eigenvalue weighted by molar-refractivity contribution is 7.14. The minimum Gasteiger partial charge on any atom is -0.369 e. The number of thiazole rings is 1. The fourth-order valence-corrected chi connectivity index (χ4v) is 4.07. The molecule has 140 valence electrons. The molecule has 0 fully saturated rings. The van der Waals surface area contributed by atoms with Crippen LogP contribution in [0.5, 0.6) is 0 Å². The van der Waals surface area contributed by atoms with Gasteiger partial charge in [-0.15, -0.1) is 22.7 Å². The summed E-state index contributed by atoms with van der Waals surface area (Å²) in [6, 6.07) is 13.4. The molecule has 3 N–H and O–H groups in total. The van der Waals surface area contributed by atoms with Crippen molar-refractivity contribution in [1.29, 1.82) is 0 Å². The third kappa shape index (κ3) is 3.85. The minimum absolute atomic E-state index is 0.0404. The van der Waals surface area contributed by atoms with Gasteiger partial charge >= 0.3 is 0 Å². The molecule has 0 aliphatic carbocycles. The average molecular weight is 409 g/mol. The zero-order valence-electron chi connectivity index (χ0n) is 14.5. The van der Waals surface area contributed by atoms with E-state index in [9.17, 15) is 9.59 Å². The third-order valence-electron chi connectivity index (χ3n) is 3.86. The van der Waals surface area contributed by atoms with Crippen LogP contribution in [-0.4, -0.2) is 26.6 Å². The molecular weight excluding hydrogens is 394 g/mol. The van der Waals surface area contributed by atoms with Crippen molar-refractivity contribution in [2.24, 2.45) is 5.73 Å². The highest BCUT2D eigenvalue weighted by Gasteiger charge is 2.20. The number of para-hydroxylation sites is 1. The van der Waals surface area contributed by atoms with E-state index in [-0.39, 0.29) is 12.3 Å². The number of nitrogens with one attached hydrogen (secondary N) is 1. The molecule has 9 heteroatoms. The number of carbonyl (C=O) groups is 2. The molecule has 0 aliphatic heterocycles. The number of hydrogen-bond donors (Lipinski definition) is 2. The maximum Gasteiger partial charge on any atom is 0.261 e. The van der Waals surface area contributed by atoms with Crippen molar-refractivity contribution in [2.75, 3.05) is 5.32 Å². The summed E-state index contributed by atoms with van der Waals surface area (Å²) in [5, 5.41) is 11.5. The van der Waals surface area contributed by atoms with Crippen molar-refractivity contribution in [3.63, 3.8) is 0 Å². The van der Waals surface area contributed by atoms with E-state index in [4.69, 9.17) is 5.73 Å². The van der Waals surface area contributed by atoms with Crippen LogP contribution in [0.25, 0.3) is 16.3 Å². The molecule has 0 saturated carbocycles. The molecule has 7 nitrogen and oxygen atoms in total. The summed E-state index contributed by atoms with van der Waals surface area (Å²) in [6.07, 6.45) is 1.75. The molecule has 0 spiro atoms. The summed E-state index contributed by atoms with van der Waals surface area (Å²) >= 11 is 2.76. The van der Waals surface area contributed by atoms with Gasteiger partial charge in [0.25, 0.3) is 5.91 Å². The average Bonchev–Trinajstić information content (AvgIpc) is 3.42. The first-order valence-electron chi connectivity index (χ1n) is 8.33. The number of anilines is 1. The number of amides is 2. The van der Waals surface area contributed by atoms with Gasteiger partial charge < -0.3 is 5.73 Å². The molecule has 0 aliphatic rings. The Morgan fingerprint density at radius 3 is 2.64 bits per heavy atom. The van der Waals surface area contributed by atoms with Crippen LogP contribution in [0.4, 0.5) is 5.13 Å². The number of nitrogens with zero attached hydrogens (tertiary/aromatic N) is 3. The SMILES string of the molecule is NC(=O)Cc1csc(NC(=O)c2cn(-c3ccccc3)nc2-c2cccs2)n1. The first-order valence-corrected chi connectivity index (χ1v) is 10.1. The fraction of sp³-hybridized carbons (Fsp3) is 0.0526. The van der Waals surface area contributed by atoms with Crippen molar-refractivity contribution < 1.29 is 9.59 Å². The lowest BCUT2D eigenvalue weighted by Crippen LogP contribution is -2.14. The molecule has 0 atom stereocenters. The second kappa shape index (κ2) is 7.75. The number of aromatic nitrogens is 3. The molecule has 0 bridgehead atoms. The van der Waals surface area contributed by atoms with Crippen LogP contribution in [0.3, 0.4) is 0 Å². The molecule has 0 radical (unpaired) electrons. The summed E-state index contributed by atoms with van der Waals surface area (Å²) in [5.74, 6) is -0.780. The monoisotopic (exact) mass is 409 g/mol. The second-order valence-electron chi connectivity index (χ2n) is 5.89. The van der Waals surface area contributed by atoms with Gasteiger partial charge in [0.1, 0.15) is 5.69 Å². The zero-order valence-corrected chi connectivity index (χ0v) is 16.2. The second-order valence-corrected chi connectivity index (χ2v) is 7.70. The van der Waals surface area contributed by atoms with Gasteiger partial charge in [0.15, 0.2) is 5.13 Å². The Bertz CT molecular complexity index is 1120. The molecule has 0 saturated heterocycles. The standard InChI is InChI=1S/C19H15N5O2S2/c20-16(25)9-12-11-28-19(21-12)22-18(26)14-10-24(13-5-2-1-3-6-13)23-17(14)15-7-4-8-27-15/h1-8,10-11H,9H2,(H2,20,25)(H,21,22,26). The van der Waals surface area contributed by atoms with Crippen LogP contribution in [0.1, 0.15) is 16.1 Å². The molecule has 3 aromatic heterocycles. The van der Waals surface area contributed by atoms with Crippen LogP contribution in [0.2, 0.25) is 0 Å². The van der Waals surface area contributed by atoms with Crippen molar-refractivity contribution in [3.8, 4) is 16.3 Å². The van der Waals surface area contributed by atoms with Crippen LogP contribution < -0.4 is 11.1 Å². The quantitative estimate of drug-likeness (QED) is 0.510. The lowest BCUT2D eigenvalue weighted by Gasteiger charge is -2.01. The van der Waals surface area contributed by atoms with E-state index in [2.05, 4.69) is 15.4 Å². The first-order chi connectivity index (χ1) is 13.6. The molecular formula is C19H15N5O2S2. The summed E-state index contributed by atoms with van der Waals surface area (Å²) in [4.78, 5) is 29.1. The molecule has 3 heterocycles. The van der Waals surface area contributed by atoms with Crippen molar-refractivity contribution >= 4 is 39.6 Å². The van der Waals surface area contributed by atoms with Gasteiger partial charge in [0.05, 0.1) is 28.2 Å². The van der Waals surface area contributed by atoms with Crippen molar-refractivity contribution in [3.05, 3.63) is 70.7 Å². The Hall–Kier alpha value is -3.30. The first kappa shape index (κ1) is 18.1. The topological polar surface area (TPSA) is 103 Å². The van der Waals surface area contributed by atoms with E-state index >= 15 is 0 Å². The smallest absolute Gasteiger partial charge is 0.261 e.